The molecule has 0 radical (unpaired) electrons. The molecular formula is C30H22. The molecule has 0 aliphatic carbocycles. The minimum atomic E-state index is 1.10. The fourth-order valence-corrected chi connectivity index (χ4v) is 4.45. The van der Waals surface area contributed by atoms with Crippen LogP contribution in [0.3, 0.4) is 0 Å². The zero-order valence-corrected chi connectivity index (χ0v) is 16.8. The van der Waals surface area contributed by atoms with Gasteiger partial charge in [-0.05, 0) is 61.0 Å². The molecular weight excluding hydrogens is 360 g/mol. The Labute approximate surface area is 177 Å². The van der Waals surface area contributed by atoms with E-state index in [1.165, 1.54) is 43.8 Å². The Morgan fingerprint density at radius 3 is 1.40 bits per heavy atom. The first-order valence-electron chi connectivity index (χ1n) is 10.2. The average molecular weight is 383 g/mol. The predicted molar refractivity (Wildman–Crippen MR) is 133 cm³/mol. The van der Waals surface area contributed by atoms with Gasteiger partial charge in [-0.1, -0.05) is 116 Å². The van der Waals surface area contributed by atoms with Crippen LogP contribution in [-0.2, 0) is 0 Å². The number of hydrogen-bond donors (Lipinski definition) is 0. The van der Waals surface area contributed by atoms with Crippen LogP contribution in [0.25, 0.3) is 56.0 Å². The maximum absolute atomic E-state index is 4.00. The van der Waals surface area contributed by atoms with E-state index in [1.54, 1.807) is 0 Å². The second kappa shape index (κ2) is 7.50. The summed E-state index contributed by atoms with van der Waals surface area (Å²) in [5.41, 5.74) is 7.19. The largest absolute Gasteiger partial charge is 0.0984 e. The molecule has 5 aromatic carbocycles. The zero-order valence-electron chi connectivity index (χ0n) is 16.8. The standard InChI is InChI=1S/C30H22/c1-3-21-18-19-24(20-22(21)4-2)30-27-16-10-8-14-25(27)29(23-12-6-5-7-13-23)26-15-9-11-17-28(26)30/h3-20H,1-2H2. The van der Waals surface area contributed by atoms with Crippen LogP contribution in [0.1, 0.15) is 11.1 Å². The highest BCUT2D eigenvalue weighted by Crippen LogP contribution is 2.43. The molecule has 0 bridgehead atoms. The topological polar surface area (TPSA) is 0 Å². The number of benzene rings is 5. The lowest BCUT2D eigenvalue weighted by Crippen LogP contribution is -1.91. The number of hydrogen-bond acceptors (Lipinski definition) is 0. The van der Waals surface area contributed by atoms with E-state index in [1.807, 2.05) is 12.2 Å². The summed E-state index contributed by atoms with van der Waals surface area (Å²) in [5.74, 6) is 0. The van der Waals surface area contributed by atoms with Gasteiger partial charge in [0.25, 0.3) is 0 Å². The molecule has 142 valence electrons. The van der Waals surface area contributed by atoms with E-state index in [-0.39, 0.29) is 0 Å². The van der Waals surface area contributed by atoms with Crippen molar-refractivity contribution < 1.29 is 0 Å². The van der Waals surface area contributed by atoms with Gasteiger partial charge in [-0.15, -0.1) is 0 Å². The van der Waals surface area contributed by atoms with Crippen molar-refractivity contribution in [1.29, 1.82) is 0 Å². The van der Waals surface area contributed by atoms with Crippen molar-refractivity contribution in [3.05, 3.63) is 121 Å². The second-order valence-electron chi connectivity index (χ2n) is 7.46. The molecule has 0 aliphatic rings. The first-order valence-corrected chi connectivity index (χ1v) is 10.2. The van der Waals surface area contributed by atoms with Gasteiger partial charge in [-0.3, -0.25) is 0 Å². The maximum atomic E-state index is 4.00. The second-order valence-corrected chi connectivity index (χ2v) is 7.46. The van der Waals surface area contributed by atoms with E-state index >= 15 is 0 Å². The third-order valence-corrected chi connectivity index (χ3v) is 5.81. The third kappa shape index (κ3) is 2.86. The van der Waals surface area contributed by atoms with Crippen molar-refractivity contribution in [2.24, 2.45) is 0 Å². The van der Waals surface area contributed by atoms with Crippen LogP contribution < -0.4 is 0 Å². The van der Waals surface area contributed by atoms with Crippen LogP contribution in [0.4, 0.5) is 0 Å². The Bertz CT molecular complexity index is 1350. The van der Waals surface area contributed by atoms with Crippen molar-refractivity contribution in [3.8, 4) is 22.3 Å². The zero-order chi connectivity index (χ0) is 20.5. The van der Waals surface area contributed by atoms with Gasteiger partial charge in [0.05, 0.1) is 0 Å². The van der Waals surface area contributed by atoms with E-state index in [9.17, 15) is 0 Å². The molecule has 0 heterocycles. The molecule has 0 unspecified atom stereocenters. The summed E-state index contributed by atoms with van der Waals surface area (Å²) in [7, 11) is 0. The highest BCUT2D eigenvalue weighted by molar-refractivity contribution is 6.21. The lowest BCUT2D eigenvalue weighted by Gasteiger charge is -2.18. The quantitative estimate of drug-likeness (QED) is 0.273. The van der Waals surface area contributed by atoms with Crippen molar-refractivity contribution in [3.63, 3.8) is 0 Å². The van der Waals surface area contributed by atoms with Crippen LogP contribution >= 0.6 is 0 Å². The average Bonchev–Trinajstić information content (AvgIpc) is 2.82. The summed E-state index contributed by atoms with van der Waals surface area (Å²) in [4.78, 5) is 0. The van der Waals surface area contributed by atoms with E-state index < -0.39 is 0 Å². The number of rotatable bonds is 4. The van der Waals surface area contributed by atoms with E-state index in [4.69, 9.17) is 0 Å². The summed E-state index contributed by atoms with van der Waals surface area (Å²) < 4.78 is 0. The minimum Gasteiger partial charge on any atom is -0.0984 e. The van der Waals surface area contributed by atoms with Crippen LogP contribution in [0, 0.1) is 0 Å². The Balaban J connectivity index is 1.96. The van der Waals surface area contributed by atoms with Gasteiger partial charge in [0.1, 0.15) is 0 Å². The molecule has 0 aromatic heterocycles. The molecule has 0 aliphatic heterocycles. The summed E-state index contributed by atoms with van der Waals surface area (Å²) >= 11 is 0. The third-order valence-electron chi connectivity index (χ3n) is 5.81. The number of fused-ring (bicyclic) bond motifs is 2. The van der Waals surface area contributed by atoms with Crippen LogP contribution in [0.2, 0.25) is 0 Å². The fraction of sp³-hybridized carbons (Fsp3) is 0. The van der Waals surface area contributed by atoms with Crippen molar-refractivity contribution in [1.82, 2.24) is 0 Å². The molecule has 0 amide bonds. The molecule has 5 rings (SSSR count). The Morgan fingerprint density at radius 1 is 0.433 bits per heavy atom. The van der Waals surface area contributed by atoms with Gasteiger partial charge in [-0.2, -0.15) is 0 Å². The molecule has 0 saturated carbocycles. The predicted octanol–water partition coefficient (Wildman–Crippen LogP) is 8.61. The first kappa shape index (κ1) is 18.1. The Kier molecular flexibility index (Phi) is 4.53. The van der Waals surface area contributed by atoms with Gasteiger partial charge in [0, 0.05) is 0 Å². The summed E-state index contributed by atoms with van der Waals surface area (Å²) in [6.07, 6.45) is 3.79. The molecule has 0 nitrogen and oxygen atoms in total. The first-order chi connectivity index (χ1) is 14.8. The van der Waals surface area contributed by atoms with Gasteiger partial charge < -0.3 is 0 Å². The highest BCUT2D eigenvalue weighted by atomic mass is 14.2. The van der Waals surface area contributed by atoms with Gasteiger partial charge in [0.2, 0.25) is 0 Å². The highest BCUT2D eigenvalue weighted by Gasteiger charge is 2.16. The summed E-state index contributed by atoms with van der Waals surface area (Å²) in [6.45, 7) is 7.94. The van der Waals surface area contributed by atoms with E-state index in [2.05, 4.69) is 110 Å². The van der Waals surface area contributed by atoms with Crippen molar-refractivity contribution in [2.45, 2.75) is 0 Å². The van der Waals surface area contributed by atoms with Crippen molar-refractivity contribution in [2.75, 3.05) is 0 Å². The smallest absolute Gasteiger partial charge is 0.00262 e. The molecule has 30 heavy (non-hydrogen) atoms. The van der Waals surface area contributed by atoms with Gasteiger partial charge in [-0.25, -0.2) is 0 Å². The molecule has 0 spiro atoms. The summed E-state index contributed by atoms with van der Waals surface area (Å²) in [6, 6.07) is 34.7. The molecule has 0 heteroatoms. The van der Waals surface area contributed by atoms with Gasteiger partial charge >= 0.3 is 0 Å². The monoisotopic (exact) mass is 382 g/mol. The lowest BCUT2D eigenvalue weighted by molar-refractivity contribution is 1.60. The normalized spacial score (nSPS) is 10.9. The molecule has 0 atom stereocenters. The summed E-state index contributed by atoms with van der Waals surface area (Å²) in [5, 5.41) is 5.06. The van der Waals surface area contributed by atoms with Crippen LogP contribution in [0.5, 0.6) is 0 Å². The van der Waals surface area contributed by atoms with Crippen LogP contribution in [-0.4, -0.2) is 0 Å². The lowest BCUT2D eigenvalue weighted by atomic mass is 9.85. The minimum absolute atomic E-state index is 1.10. The molecule has 5 aromatic rings. The Hall–Kier alpha value is -3.90. The molecule has 0 fully saturated rings. The van der Waals surface area contributed by atoms with Crippen molar-refractivity contribution >= 4 is 33.7 Å². The SMILES string of the molecule is C=Cc1ccc(-c2c3ccccc3c(-c3ccccc3)c3ccccc23)cc1C=C. The van der Waals surface area contributed by atoms with Crippen LogP contribution in [0.15, 0.2) is 110 Å². The molecule has 0 saturated heterocycles. The van der Waals surface area contributed by atoms with E-state index in [0.29, 0.717) is 0 Å². The van der Waals surface area contributed by atoms with Gasteiger partial charge in [0.15, 0.2) is 0 Å². The molecule has 0 N–H and O–H groups in total. The Morgan fingerprint density at radius 2 is 0.900 bits per heavy atom. The fourth-order valence-electron chi connectivity index (χ4n) is 4.45. The maximum Gasteiger partial charge on any atom is -0.00262 e. The van der Waals surface area contributed by atoms with E-state index in [0.717, 1.165) is 11.1 Å².